The lowest BCUT2D eigenvalue weighted by Crippen LogP contribution is -2.49. The molecule has 194 valence electrons. The van der Waals surface area contributed by atoms with Crippen LogP contribution in [0, 0.1) is 10.8 Å². The van der Waals surface area contributed by atoms with E-state index in [0.29, 0.717) is 18.6 Å². The van der Waals surface area contributed by atoms with E-state index >= 15 is 0 Å². The Hall–Kier alpha value is -0.666. The largest absolute Gasteiger partial charge is 0.456 e. The Balaban J connectivity index is 2.45. The highest BCUT2D eigenvalue weighted by Crippen LogP contribution is 2.48. The first-order valence-corrected chi connectivity index (χ1v) is 19.8. The third-order valence-electron chi connectivity index (χ3n) is 6.67. The van der Waals surface area contributed by atoms with Crippen molar-refractivity contribution in [1.29, 1.82) is 0 Å². The Morgan fingerprint density at radius 2 is 1.64 bits per heavy atom. The van der Waals surface area contributed by atoms with Crippen molar-refractivity contribution in [3.05, 3.63) is 0 Å². The highest BCUT2D eigenvalue weighted by Gasteiger charge is 2.41. The van der Waals surface area contributed by atoms with E-state index < -0.39 is 16.6 Å². The van der Waals surface area contributed by atoms with Gasteiger partial charge in [0.05, 0.1) is 0 Å². The summed E-state index contributed by atoms with van der Waals surface area (Å²) >= 11 is 0. The highest BCUT2D eigenvalue weighted by molar-refractivity contribution is 6.84. The molecule has 5 nitrogen and oxygen atoms in total. The molecule has 1 fully saturated rings. The second kappa shape index (κ2) is 12.9. The normalized spacial score (nSPS) is 23.2. The third-order valence-corrected chi connectivity index (χ3v) is 12.9. The van der Waals surface area contributed by atoms with Gasteiger partial charge in [0.25, 0.3) is 0 Å². The quantitative estimate of drug-likeness (QED) is 0.196. The van der Waals surface area contributed by atoms with Crippen molar-refractivity contribution in [3.63, 3.8) is 0 Å². The number of Topliss-reactive ketones (excluding diaryl/α,β-unsaturated/α-hetero) is 1. The molecule has 0 aromatic rings. The number of carbonyl (C=O) groups is 2. The maximum atomic E-state index is 12.7. The standard InChI is InChI=1S/C26H54N2O3Si2/c1-10-11-17-27-24(30)28-22-19-25(2,3)21-26(4,20-22)16-15-23(29)14-12-13-18-33(8,9)31-32(5,6)7/h22H,10-21H2,1-9H3,(H2,27,28,30). The average Bonchev–Trinajstić information content (AvgIpc) is 2.60. The van der Waals surface area contributed by atoms with Crippen molar-refractivity contribution in [2.24, 2.45) is 10.8 Å². The van der Waals surface area contributed by atoms with Crippen LogP contribution in [0.4, 0.5) is 4.79 Å². The minimum atomic E-state index is -1.61. The summed E-state index contributed by atoms with van der Waals surface area (Å²) in [7, 11) is -3.09. The van der Waals surface area contributed by atoms with Gasteiger partial charge in [-0.15, -0.1) is 0 Å². The van der Waals surface area contributed by atoms with Crippen LogP contribution in [0.25, 0.3) is 0 Å². The molecule has 2 unspecified atom stereocenters. The summed E-state index contributed by atoms with van der Waals surface area (Å²) < 4.78 is 6.41. The third kappa shape index (κ3) is 13.7. The fourth-order valence-electron chi connectivity index (χ4n) is 5.86. The maximum Gasteiger partial charge on any atom is 0.315 e. The SMILES string of the molecule is CCCCNC(=O)NC1CC(C)(C)CC(C)(CCC(=O)CCCC[Si](C)(C)O[Si](C)(C)C)C1. The zero-order valence-electron chi connectivity index (χ0n) is 23.3. The lowest BCUT2D eigenvalue weighted by atomic mass is 9.61. The van der Waals surface area contributed by atoms with E-state index in [-0.39, 0.29) is 22.9 Å². The zero-order chi connectivity index (χ0) is 25.3. The molecule has 2 amide bonds. The molecule has 0 bridgehead atoms. The first-order chi connectivity index (χ1) is 15.0. The highest BCUT2D eigenvalue weighted by atomic mass is 28.4. The van der Waals surface area contributed by atoms with E-state index in [2.05, 4.69) is 71.1 Å². The van der Waals surface area contributed by atoms with E-state index in [0.717, 1.165) is 64.0 Å². The van der Waals surface area contributed by atoms with E-state index in [1.54, 1.807) is 0 Å². The van der Waals surface area contributed by atoms with Crippen LogP contribution in [-0.2, 0) is 8.91 Å². The van der Waals surface area contributed by atoms with E-state index in [1.807, 2.05) is 0 Å². The van der Waals surface area contributed by atoms with Gasteiger partial charge in [0, 0.05) is 25.4 Å². The average molecular weight is 499 g/mol. The number of nitrogens with one attached hydrogen (secondary N) is 2. The van der Waals surface area contributed by atoms with Gasteiger partial charge in [-0.2, -0.15) is 0 Å². The number of unbranched alkanes of at least 4 members (excludes halogenated alkanes) is 2. The van der Waals surface area contributed by atoms with E-state index in [4.69, 9.17) is 4.12 Å². The van der Waals surface area contributed by atoms with Crippen LogP contribution in [0.1, 0.15) is 91.9 Å². The zero-order valence-corrected chi connectivity index (χ0v) is 25.3. The predicted octanol–water partition coefficient (Wildman–Crippen LogP) is 7.25. The summed E-state index contributed by atoms with van der Waals surface area (Å²) in [6.45, 7) is 21.2. The van der Waals surface area contributed by atoms with Crippen LogP contribution in [0.15, 0.2) is 0 Å². The molecule has 0 aliphatic heterocycles. The number of hydrogen-bond donors (Lipinski definition) is 2. The second-order valence-electron chi connectivity index (χ2n) is 13.2. The van der Waals surface area contributed by atoms with Crippen molar-refractivity contribution < 1.29 is 13.7 Å². The molecule has 1 aliphatic rings. The van der Waals surface area contributed by atoms with Crippen LogP contribution in [0.2, 0.25) is 38.8 Å². The Kier molecular flexibility index (Phi) is 11.8. The Morgan fingerprint density at radius 3 is 2.24 bits per heavy atom. The Bertz CT molecular complexity index is 632. The summed E-state index contributed by atoms with van der Waals surface area (Å²) in [5, 5.41) is 6.19. The number of carbonyl (C=O) groups excluding carboxylic acids is 2. The van der Waals surface area contributed by atoms with Gasteiger partial charge in [-0.25, -0.2) is 4.79 Å². The van der Waals surface area contributed by atoms with E-state index in [1.165, 1.54) is 0 Å². The molecule has 2 N–H and O–H groups in total. The molecular weight excluding hydrogens is 444 g/mol. The van der Waals surface area contributed by atoms with Crippen molar-refractivity contribution in [2.75, 3.05) is 6.54 Å². The van der Waals surface area contributed by atoms with Crippen molar-refractivity contribution in [2.45, 2.75) is 137 Å². The number of amides is 2. The molecule has 1 saturated carbocycles. The van der Waals surface area contributed by atoms with Gasteiger partial charge >= 0.3 is 6.03 Å². The molecule has 0 spiro atoms. The minimum absolute atomic E-state index is 0.0471. The van der Waals surface area contributed by atoms with E-state index in [9.17, 15) is 9.59 Å². The van der Waals surface area contributed by atoms with Crippen LogP contribution >= 0.6 is 0 Å². The number of urea groups is 1. The van der Waals surface area contributed by atoms with Crippen molar-refractivity contribution in [1.82, 2.24) is 10.6 Å². The van der Waals surface area contributed by atoms with Crippen LogP contribution in [-0.4, -0.2) is 41.0 Å². The molecule has 0 saturated heterocycles. The lowest BCUT2D eigenvalue weighted by Gasteiger charge is -2.47. The van der Waals surface area contributed by atoms with Gasteiger partial charge in [0.15, 0.2) is 16.6 Å². The molecule has 0 aromatic heterocycles. The number of hydrogen-bond acceptors (Lipinski definition) is 3. The summed E-state index contributed by atoms with van der Waals surface area (Å²) in [4.78, 5) is 24.9. The topological polar surface area (TPSA) is 67.4 Å². The van der Waals surface area contributed by atoms with Gasteiger partial charge in [-0.1, -0.05) is 40.5 Å². The molecule has 0 heterocycles. The molecule has 33 heavy (non-hydrogen) atoms. The lowest BCUT2D eigenvalue weighted by molar-refractivity contribution is -0.120. The number of rotatable bonds is 14. The van der Waals surface area contributed by atoms with Crippen molar-refractivity contribution in [3.8, 4) is 0 Å². The fourth-order valence-corrected chi connectivity index (χ4v) is 14.0. The van der Waals surface area contributed by atoms with Crippen LogP contribution < -0.4 is 10.6 Å². The summed E-state index contributed by atoms with van der Waals surface area (Å²) in [6, 6.07) is 1.27. The predicted molar refractivity (Wildman–Crippen MR) is 146 cm³/mol. The Morgan fingerprint density at radius 1 is 0.970 bits per heavy atom. The molecular formula is C26H54N2O3Si2. The van der Waals surface area contributed by atoms with Crippen LogP contribution in [0.3, 0.4) is 0 Å². The van der Waals surface area contributed by atoms with Crippen LogP contribution in [0.5, 0.6) is 0 Å². The molecule has 0 aromatic carbocycles. The Labute approximate surface area is 206 Å². The van der Waals surface area contributed by atoms with Crippen molar-refractivity contribution >= 4 is 28.4 Å². The minimum Gasteiger partial charge on any atom is -0.456 e. The second-order valence-corrected chi connectivity index (χ2v) is 22.3. The van der Waals surface area contributed by atoms with Gasteiger partial charge in [-0.3, -0.25) is 4.79 Å². The van der Waals surface area contributed by atoms with Gasteiger partial charge < -0.3 is 14.7 Å². The monoisotopic (exact) mass is 498 g/mol. The maximum absolute atomic E-state index is 12.7. The first-order valence-electron chi connectivity index (χ1n) is 13.3. The molecule has 2 atom stereocenters. The fraction of sp³-hybridized carbons (Fsp3) is 0.923. The smallest absolute Gasteiger partial charge is 0.315 e. The molecule has 1 rings (SSSR count). The summed E-state index contributed by atoms with van der Waals surface area (Å²) in [5.41, 5.74) is 0.267. The summed E-state index contributed by atoms with van der Waals surface area (Å²) in [5.74, 6) is 0.395. The summed E-state index contributed by atoms with van der Waals surface area (Å²) in [6.07, 6.45) is 9.50. The molecule has 0 radical (unpaired) electrons. The van der Waals surface area contributed by atoms with Gasteiger partial charge in [-0.05, 0) is 88.1 Å². The number of ketones is 1. The van der Waals surface area contributed by atoms with Gasteiger partial charge in [0.1, 0.15) is 5.78 Å². The first kappa shape index (κ1) is 30.4. The molecule has 1 aliphatic carbocycles. The molecule has 7 heteroatoms. The van der Waals surface area contributed by atoms with Gasteiger partial charge in [0.2, 0.25) is 0 Å².